The lowest BCUT2D eigenvalue weighted by atomic mass is 9.59. The molecule has 1 saturated carbocycles. The predicted octanol–water partition coefficient (Wildman–Crippen LogP) is 2.43. The number of rotatable bonds is 5. The van der Waals surface area contributed by atoms with Crippen molar-refractivity contribution in [3.05, 3.63) is 45.2 Å². The highest BCUT2D eigenvalue weighted by molar-refractivity contribution is 6.07. The van der Waals surface area contributed by atoms with E-state index >= 15 is 0 Å². The van der Waals surface area contributed by atoms with Crippen LogP contribution in [-0.4, -0.2) is 87.2 Å². The molecule has 40 heavy (non-hydrogen) atoms. The lowest BCUT2D eigenvalue weighted by Crippen LogP contribution is -2.57. The molecular formula is C29H37F2N3O6. The number of phenolic OH excluding ortho intramolecular Hbond substituents is 1. The number of carbonyl (C=O) groups excluding carboxylic acids is 2. The van der Waals surface area contributed by atoms with Crippen molar-refractivity contribution < 1.29 is 38.8 Å². The molecule has 3 unspecified atom stereocenters. The van der Waals surface area contributed by atoms with Gasteiger partial charge in [-0.2, -0.15) is 0 Å². The molecular weight excluding hydrogens is 524 g/mol. The Balaban J connectivity index is 1.57. The number of piperidine rings is 1. The third kappa shape index (κ3) is 4.48. The molecule has 3 aliphatic carbocycles. The van der Waals surface area contributed by atoms with Gasteiger partial charge in [-0.1, -0.05) is 13.0 Å². The molecule has 1 amide bonds. The second kappa shape index (κ2) is 10.1. The molecule has 5 rings (SSSR count). The highest BCUT2D eigenvalue weighted by atomic mass is 19.3. The molecule has 1 aromatic rings. The summed E-state index contributed by atoms with van der Waals surface area (Å²) in [5.74, 6) is -7.26. The van der Waals surface area contributed by atoms with Crippen molar-refractivity contribution in [1.29, 1.82) is 0 Å². The number of nitrogens with zero attached hydrogens (tertiary/aromatic N) is 2. The molecule has 11 heteroatoms. The number of phenols is 1. The van der Waals surface area contributed by atoms with Gasteiger partial charge in [-0.05, 0) is 56.3 Å². The highest BCUT2D eigenvalue weighted by Crippen LogP contribution is 2.52. The van der Waals surface area contributed by atoms with Gasteiger partial charge in [0, 0.05) is 43.6 Å². The zero-order valence-corrected chi connectivity index (χ0v) is 23.0. The fraction of sp³-hybridized carbons (Fsp3) is 0.586. The van der Waals surface area contributed by atoms with Crippen LogP contribution < -0.4 is 5.73 Å². The number of amides is 1. The summed E-state index contributed by atoms with van der Waals surface area (Å²) in [6.07, 6.45) is -0.869. The van der Waals surface area contributed by atoms with Crippen molar-refractivity contribution in [2.45, 2.75) is 63.6 Å². The van der Waals surface area contributed by atoms with Crippen molar-refractivity contribution >= 4 is 17.4 Å². The molecule has 0 radical (unpaired) electrons. The lowest BCUT2D eigenvalue weighted by Gasteiger charge is -2.48. The number of primary amides is 1. The normalized spacial score (nSPS) is 30.3. The second-order valence-corrected chi connectivity index (χ2v) is 11.9. The van der Waals surface area contributed by atoms with Gasteiger partial charge in [0.2, 0.25) is 0 Å². The molecule has 1 saturated heterocycles. The van der Waals surface area contributed by atoms with E-state index in [-0.39, 0.29) is 60.9 Å². The number of fused-ring (bicyclic) bond motifs is 3. The van der Waals surface area contributed by atoms with Crippen molar-refractivity contribution in [3.63, 3.8) is 0 Å². The molecule has 0 aromatic heterocycles. The summed E-state index contributed by atoms with van der Waals surface area (Å²) in [6.45, 7) is 2.52. The van der Waals surface area contributed by atoms with E-state index in [9.17, 15) is 38.8 Å². The van der Waals surface area contributed by atoms with Crippen LogP contribution in [0.3, 0.4) is 0 Å². The number of carbonyl (C=O) groups is 2. The largest absolute Gasteiger partial charge is 0.510 e. The number of hydrogen-bond acceptors (Lipinski definition) is 8. The summed E-state index contributed by atoms with van der Waals surface area (Å²) < 4.78 is 27.4. The fourth-order valence-corrected chi connectivity index (χ4v) is 7.37. The van der Waals surface area contributed by atoms with E-state index in [1.807, 2.05) is 17.9 Å². The van der Waals surface area contributed by atoms with Gasteiger partial charge < -0.3 is 26.2 Å². The van der Waals surface area contributed by atoms with E-state index < -0.39 is 53.1 Å². The minimum absolute atomic E-state index is 0.0858. The van der Waals surface area contributed by atoms with Crippen LogP contribution >= 0.6 is 0 Å². The number of halogens is 2. The topological polar surface area (TPSA) is 148 Å². The number of alkyl halides is 2. The van der Waals surface area contributed by atoms with Gasteiger partial charge in [-0.3, -0.25) is 19.4 Å². The monoisotopic (exact) mass is 561 g/mol. The van der Waals surface area contributed by atoms with Crippen molar-refractivity contribution in [3.8, 4) is 5.75 Å². The van der Waals surface area contributed by atoms with Gasteiger partial charge in [-0.15, -0.1) is 0 Å². The molecule has 1 heterocycles. The summed E-state index contributed by atoms with van der Waals surface area (Å²) >= 11 is 0. The molecule has 4 aliphatic rings. The molecule has 1 aromatic carbocycles. The molecule has 218 valence electrons. The Labute approximate surface area is 231 Å². The van der Waals surface area contributed by atoms with Crippen LogP contribution in [0, 0.1) is 17.8 Å². The first-order valence-electron chi connectivity index (χ1n) is 13.8. The quantitative estimate of drug-likeness (QED) is 0.368. The fourth-order valence-electron chi connectivity index (χ4n) is 7.37. The van der Waals surface area contributed by atoms with Crippen LogP contribution in [0.15, 0.2) is 23.0 Å². The number of aliphatic hydroxyl groups is 3. The number of allylic oxidation sites excluding steroid dienone is 1. The van der Waals surface area contributed by atoms with Crippen molar-refractivity contribution in [2.75, 3.05) is 27.2 Å². The zero-order chi connectivity index (χ0) is 29.3. The standard InChI is InChI=1S/C29H37F2N3O6/c1-4-13-9-15(12-34-7-5-29(30,31)6-8-34)23(35)19-16(13)10-14-11-17-20(25(37)18(14)24(19)36)26(38)21(28(32)40)27(39)22(17)33(2)3/h9,14,17,20,22,26,35-36,38-39H,4-8,10-12H2,1-3H3,(H2,32,40)/t14-,17?,20?,22-,26?/m0/s1. The molecule has 0 spiro atoms. The summed E-state index contributed by atoms with van der Waals surface area (Å²) in [7, 11) is 3.41. The first kappa shape index (κ1) is 28.5. The smallest absolute Gasteiger partial charge is 0.250 e. The molecule has 2 fully saturated rings. The summed E-state index contributed by atoms with van der Waals surface area (Å²) in [5, 5.41) is 44.9. The van der Waals surface area contributed by atoms with E-state index in [4.69, 9.17) is 5.73 Å². The van der Waals surface area contributed by atoms with Crippen LogP contribution in [0.1, 0.15) is 48.4 Å². The van der Waals surface area contributed by atoms with E-state index in [0.29, 0.717) is 24.8 Å². The van der Waals surface area contributed by atoms with Crippen LogP contribution in [0.2, 0.25) is 0 Å². The average Bonchev–Trinajstić information content (AvgIpc) is 2.85. The number of likely N-dealkylation sites (N-methyl/N-ethyl adjacent to an activating group) is 1. The summed E-state index contributed by atoms with van der Waals surface area (Å²) in [4.78, 5) is 29.7. The SMILES string of the molecule is CCc1cc(CN2CCC(F)(F)CC2)c(O)c2c1C[C@H]1CC3C(C(=O)C1=C2O)C(O)C(C(N)=O)=C(O)[C@H]3N(C)C. The number of nitrogens with two attached hydrogens (primary N) is 1. The second-order valence-electron chi connectivity index (χ2n) is 11.9. The summed E-state index contributed by atoms with van der Waals surface area (Å²) in [6, 6.07) is 1.12. The van der Waals surface area contributed by atoms with Crippen molar-refractivity contribution in [2.24, 2.45) is 23.5 Å². The Kier molecular flexibility index (Phi) is 7.21. The Morgan fingerprint density at radius 3 is 2.40 bits per heavy atom. The Bertz CT molecular complexity index is 1310. The number of aliphatic hydroxyl groups excluding tert-OH is 3. The lowest BCUT2D eigenvalue weighted by molar-refractivity contribution is -0.131. The third-order valence-electron chi connectivity index (χ3n) is 9.30. The number of aryl methyl sites for hydroxylation is 1. The van der Waals surface area contributed by atoms with E-state index in [2.05, 4.69) is 0 Å². The molecule has 1 aliphatic heterocycles. The number of Topliss-reactive ketones (excluding diaryl/α,β-unsaturated/α-hetero) is 1. The number of hydrogen-bond donors (Lipinski definition) is 5. The maximum atomic E-state index is 14.0. The minimum atomic E-state index is -2.70. The first-order chi connectivity index (χ1) is 18.8. The average molecular weight is 562 g/mol. The number of benzene rings is 1. The van der Waals surface area contributed by atoms with Crippen LogP contribution in [-0.2, 0) is 29.0 Å². The molecule has 9 nitrogen and oxygen atoms in total. The minimum Gasteiger partial charge on any atom is -0.510 e. The highest BCUT2D eigenvalue weighted by Gasteiger charge is 2.55. The van der Waals surface area contributed by atoms with Gasteiger partial charge in [0.15, 0.2) is 5.78 Å². The van der Waals surface area contributed by atoms with Gasteiger partial charge in [-0.25, -0.2) is 8.78 Å². The third-order valence-corrected chi connectivity index (χ3v) is 9.30. The van der Waals surface area contributed by atoms with Crippen LogP contribution in [0.5, 0.6) is 5.75 Å². The maximum Gasteiger partial charge on any atom is 0.250 e. The van der Waals surface area contributed by atoms with Crippen LogP contribution in [0.4, 0.5) is 8.78 Å². The van der Waals surface area contributed by atoms with E-state index in [1.54, 1.807) is 19.0 Å². The maximum absolute atomic E-state index is 14.0. The molecule has 6 N–H and O–H groups in total. The van der Waals surface area contributed by atoms with Crippen LogP contribution in [0.25, 0.3) is 5.76 Å². The molecule has 0 bridgehead atoms. The van der Waals surface area contributed by atoms with Gasteiger partial charge in [0.25, 0.3) is 11.8 Å². The van der Waals surface area contributed by atoms with Gasteiger partial charge in [0.05, 0.1) is 29.2 Å². The number of likely N-dealkylation sites (tertiary alicyclic amines) is 1. The van der Waals surface area contributed by atoms with E-state index in [1.165, 1.54) is 0 Å². The van der Waals surface area contributed by atoms with Gasteiger partial charge in [0.1, 0.15) is 17.3 Å². The predicted molar refractivity (Wildman–Crippen MR) is 143 cm³/mol. The first-order valence-corrected chi connectivity index (χ1v) is 13.8. The van der Waals surface area contributed by atoms with Crippen molar-refractivity contribution in [1.82, 2.24) is 9.80 Å². The Morgan fingerprint density at radius 1 is 1.18 bits per heavy atom. The number of aromatic hydroxyl groups is 1. The molecule has 5 atom stereocenters. The summed E-state index contributed by atoms with van der Waals surface area (Å²) in [5.41, 5.74) is 7.41. The van der Waals surface area contributed by atoms with E-state index in [0.717, 1.165) is 11.1 Å². The Hall–Kier alpha value is -3.02. The number of ketones is 1. The Morgan fingerprint density at radius 2 is 1.82 bits per heavy atom. The van der Waals surface area contributed by atoms with Gasteiger partial charge >= 0.3 is 0 Å². The zero-order valence-electron chi connectivity index (χ0n) is 23.0.